The van der Waals surface area contributed by atoms with Crippen LogP contribution >= 0.6 is 0 Å². The summed E-state index contributed by atoms with van der Waals surface area (Å²) in [7, 11) is -4.02. The van der Waals surface area contributed by atoms with Gasteiger partial charge in [-0.15, -0.1) is 5.10 Å². The van der Waals surface area contributed by atoms with Crippen molar-refractivity contribution in [3.8, 4) is 5.69 Å². The number of hydrogen-bond acceptors (Lipinski definition) is 5. The minimum Gasteiger partial charge on any atom is -0.294 e. The van der Waals surface area contributed by atoms with E-state index in [2.05, 4.69) is 10.1 Å². The molecule has 0 saturated heterocycles. The summed E-state index contributed by atoms with van der Waals surface area (Å²) < 4.78 is 38.2. The number of sulfonamides is 1. The van der Waals surface area contributed by atoms with Gasteiger partial charge in [0, 0.05) is 6.42 Å². The Morgan fingerprint density at radius 3 is 2.48 bits per heavy atom. The molecule has 3 rings (SSSR count). The predicted molar refractivity (Wildman–Crippen MR) is 87.3 cm³/mol. The Labute approximate surface area is 143 Å². The van der Waals surface area contributed by atoms with E-state index >= 15 is 0 Å². The average molecular weight is 360 g/mol. The number of halogens is 1. The molecule has 7 nitrogen and oxygen atoms in total. The summed E-state index contributed by atoms with van der Waals surface area (Å²) in [5.74, 6) is -0.598. The van der Waals surface area contributed by atoms with E-state index in [9.17, 15) is 17.6 Å². The Bertz CT molecular complexity index is 1030. The summed E-state index contributed by atoms with van der Waals surface area (Å²) in [6.45, 7) is 0. The van der Waals surface area contributed by atoms with Crippen LogP contribution in [0.3, 0.4) is 0 Å². The summed E-state index contributed by atoms with van der Waals surface area (Å²) in [6.07, 6.45) is 0.777. The number of benzene rings is 2. The molecular weight excluding hydrogens is 347 g/mol. The Morgan fingerprint density at radius 2 is 1.88 bits per heavy atom. The van der Waals surface area contributed by atoms with E-state index in [-0.39, 0.29) is 16.4 Å². The van der Waals surface area contributed by atoms with Crippen LogP contribution in [0.1, 0.15) is 22.0 Å². The van der Waals surface area contributed by atoms with Gasteiger partial charge in [0.15, 0.2) is 6.29 Å². The molecule has 128 valence electrons. The van der Waals surface area contributed by atoms with Gasteiger partial charge in [-0.2, -0.15) is 0 Å². The number of aromatic nitrogens is 3. The molecule has 0 amide bonds. The first-order valence-corrected chi connectivity index (χ1v) is 8.71. The second kappa shape index (κ2) is 6.54. The molecule has 0 fully saturated rings. The minimum atomic E-state index is -4.02. The average Bonchev–Trinajstić information content (AvgIpc) is 2.97. The molecule has 2 aromatic carbocycles. The van der Waals surface area contributed by atoms with Crippen molar-refractivity contribution in [1.82, 2.24) is 14.8 Å². The van der Waals surface area contributed by atoms with Crippen molar-refractivity contribution in [2.75, 3.05) is 0 Å². The molecule has 0 unspecified atom stereocenters. The second-order valence-electron chi connectivity index (χ2n) is 5.24. The molecule has 9 heteroatoms. The topological polar surface area (TPSA) is 108 Å². The lowest BCUT2D eigenvalue weighted by Gasteiger charge is -2.08. The lowest BCUT2D eigenvalue weighted by Crippen LogP contribution is -2.13. The molecule has 1 heterocycles. The monoisotopic (exact) mass is 360 g/mol. The molecule has 0 bridgehead atoms. The van der Waals surface area contributed by atoms with Crippen LogP contribution < -0.4 is 5.14 Å². The van der Waals surface area contributed by atoms with Crippen molar-refractivity contribution in [1.29, 1.82) is 0 Å². The highest BCUT2D eigenvalue weighted by Gasteiger charge is 2.17. The number of hydrogen-bond donors (Lipinski definition) is 1. The highest BCUT2D eigenvalue weighted by atomic mass is 32.2. The standard InChI is InChI=1S/C16H13FN4O3S/c17-13-9-12(25(18,23)24)6-7-14(13)21-16(19-15(10-22)20-21)8-11-4-2-1-3-5-11/h1-7,9-10H,8H2,(H2,18,23,24). The predicted octanol–water partition coefficient (Wildman–Crippen LogP) is 1.46. The van der Waals surface area contributed by atoms with E-state index in [4.69, 9.17) is 5.14 Å². The third-order valence-electron chi connectivity index (χ3n) is 3.48. The molecular formula is C16H13FN4O3S. The maximum absolute atomic E-state index is 14.4. The molecule has 0 aliphatic carbocycles. The SMILES string of the molecule is NS(=O)(=O)c1ccc(-n2nc(C=O)nc2Cc2ccccc2)c(F)c1. The summed E-state index contributed by atoms with van der Waals surface area (Å²) in [5, 5.41) is 8.96. The maximum atomic E-state index is 14.4. The van der Waals surface area contributed by atoms with E-state index < -0.39 is 15.8 Å². The summed E-state index contributed by atoms with van der Waals surface area (Å²) in [5.41, 5.74) is 0.870. The zero-order valence-electron chi connectivity index (χ0n) is 12.8. The van der Waals surface area contributed by atoms with E-state index in [1.165, 1.54) is 16.8 Å². The van der Waals surface area contributed by atoms with Crippen molar-refractivity contribution >= 4 is 16.3 Å². The molecule has 0 spiro atoms. The smallest absolute Gasteiger partial charge is 0.238 e. The third kappa shape index (κ3) is 3.62. The fourth-order valence-corrected chi connectivity index (χ4v) is 2.86. The largest absolute Gasteiger partial charge is 0.294 e. The zero-order chi connectivity index (χ0) is 18.0. The van der Waals surface area contributed by atoms with Gasteiger partial charge in [-0.05, 0) is 23.8 Å². The van der Waals surface area contributed by atoms with Crippen LogP contribution in [0.5, 0.6) is 0 Å². The van der Waals surface area contributed by atoms with Gasteiger partial charge in [0.1, 0.15) is 17.3 Å². The van der Waals surface area contributed by atoms with Gasteiger partial charge in [0.05, 0.1) is 4.90 Å². The lowest BCUT2D eigenvalue weighted by molar-refractivity contribution is 0.111. The normalized spacial score (nSPS) is 11.4. The molecule has 2 N–H and O–H groups in total. The van der Waals surface area contributed by atoms with E-state index in [1.54, 1.807) is 0 Å². The van der Waals surface area contributed by atoms with Gasteiger partial charge < -0.3 is 0 Å². The summed E-state index contributed by atoms with van der Waals surface area (Å²) >= 11 is 0. The van der Waals surface area contributed by atoms with Crippen LogP contribution in [-0.2, 0) is 16.4 Å². The molecule has 0 aliphatic heterocycles. The van der Waals surface area contributed by atoms with Crippen LogP contribution in [0.25, 0.3) is 5.69 Å². The Morgan fingerprint density at radius 1 is 1.16 bits per heavy atom. The first-order valence-electron chi connectivity index (χ1n) is 7.16. The number of primary sulfonamides is 1. The van der Waals surface area contributed by atoms with Crippen LogP contribution in [-0.4, -0.2) is 29.5 Å². The van der Waals surface area contributed by atoms with E-state index in [1.807, 2.05) is 30.3 Å². The van der Waals surface area contributed by atoms with Crippen molar-refractivity contribution in [3.63, 3.8) is 0 Å². The van der Waals surface area contributed by atoms with Crippen LogP contribution in [0.4, 0.5) is 4.39 Å². The Balaban J connectivity index is 2.08. The molecule has 0 radical (unpaired) electrons. The summed E-state index contributed by atoms with van der Waals surface area (Å²) in [4.78, 5) is 14.7. The number of carbonyl (C=O) groups is 1. The number of carbonyl (C=O) groups excluding carboxylic acids is 1. The quantitative estimate of drug-likeness (QED) is 0.693. The highest BCUT2D eigenvalue weighted by molar-refractivity contribution is 7.89. The number of aldehydes is 1. The molecule has 1 aromatic heterocycles. The van der Waals surface area contributed by atoms with Crippen LogP contribution in [0.2, 0.25) is 0 Å². The van der Waals surface area contributed by atoms with Gasteiger partial charge in [-0.25, -0.2) is 27.6 Å². The van der Waals surface area contributed by atoms with E-state index in [0.29, 0.717) is 18.5 Å². The third-order valence-corrected chi connectivity index (χ3v) is 4.39. The van der Waals surface area contributed by atoms with E-state index in [0.717, 1.165) is 11.6 Å². The van der Waals surface area contributed by atoms with Gasteiger partial charge in [-0.3, -0.25) is 4.79 Å². The highest BCUT2D eigenvalue weighted by Crippen LogP contribution is 2.19. The van der Waals surface area contributed by atoms with Crippen molar-refractivity contribution in [3.05, 3.63) is 71.6 Å². The number of nitrogens with zero attached hydrogens (tertiary/aromatic N) is 3. The van der Waals surface area contributed by atoms with Crippen molar-refractivity contribution < 1.29 is 17.6 Å². The first-order chi connectivity index (χ1) is 11.9. The van der Waals surface area contributed by atoms with Crippen LogP contribution in [0, 0.1) is 5.82 Å². The first kappa shape index (κ1) is 16.9. The second-order valence-corrected chi connectivity index (χ2v) is 6.80. The number of rotatable bonds is 5. The summed E-state index contributed by atoms with van der Waals surface area (Å²) in [6, 6.07) is 12.5. The number of nitrogens with two attached hydrogens (primary N) is 1. The minimum absolute atomic E-state index is 0.0288. The Hall–Kier alpha value is -2.91. The molecule has 0 saturated carbocycles. The van der Waals surface area contributed by atoms with Gasteiger partial charge in [-0.1, -0.05) is 30.3 Å². The van der Waals surface area contributed by atoms with Gasteiger partial charge >= 0.3 is 0 Å². The Kier molecular flexibility index (Phi) is 4.43. The zero-order valence-corrected chi connectivity index (χ0v) is 13.6. The van der Waals surface area contributed by atoms with Gasteiger partial charge in [0.25, 0.3) is 0 Å². The van der Waals surface area contributed by atoms with Crippen LogP contribution in [0.15, 0.2) is 53.4 Å². The van der Waals surface area contributed by atoms with Gasteiger partial charge in [0.2, 0.25) is 15.8 Å². The maximum Gasteiger partial charge on any atom is 0.238 e. The molecule has 0 atom stereocenters. The molecule has 25 heavy (non-hydrogen) atoms. The lowest BCUT2D eigenvalue weighted by atomic mass is 10.1. The molecule has 3 aromatic rings. The van der Waals surface area contributed by atoms with Crippen molar-refractivity contribution in [2.24, 2.45) is 5.14 Å². The fourth-order valence-electron chi connectivity index (χ4n) is 2.33. The molecule has 0 aliphatic rings. The fraction of sp³-hybridized carbons (Fsp3) is 0.0625. The van der Waals surface area contributed by atoms with Crippen molar-refractivity contribution in [2.45, 2.75) is 11.3 Å².